The van der Waals surface area contributed by atoms with E-state index >= 15 is 0 Å². The molecule has 3 N–H and O–H groups in total. The third-order valence-electron chi connectivity index (χ3n) is 2.22. The van der Waals surface area contributed by atoms with Crippen molar-refractivity contribution in [2.75, 3.05) is 11.9 Å². The fourth-order valence-corrected chi connectivity index (χ4v) is 1.71. The number of carbonyl (C=O) groups is 1. The zero-order chi connectivity index (χ0) is 12.7. The van der Waals surface area contributed by atoms with Crippen molar-refractivity contribution in [3.63, 3.8) is 0 Å². The van der Waals surface area contributed by atoms with Gasteiger partial charge in [-0.25, -0.2) is 4.79 Å². The Morgan fingerprint density at radius 2 is 2.06 bits per heavy atom. The summed E-state index contributed by atoms with van der Waals surface area (Å²) >= 11 is 2.20. The minimum atomic E-state index is -0.470. The van der Waals surface area contributed by atoms with Gasteiger partial charge in [0.2, 0.25) is 0 Å². The Morgan fingerprint density at radius 1 is 1.41 bits per heavy atom. The largest absolute Gasteiger partial charge is 0.391 e. The third kappa shape index (κ3) is 5.88. The molecular weight excluding hydrogens is 331 g/mol. The van der Waals surface area contributed by atoms with Gasteiger partial charge in [-0.05, 0) is 53.3 Å². The molecule has 0 heterocycles. The van der Waals surface area contributed by atoms with Gasteiger partial charge in [-0.3, -0.25) is 0 Å². The molecule has 1 atom stereocenters. The molecule has 94 valence electrons. The second-order valence-electron chi connectivity index (χ2n) is 3.78. The Balaban J connectivity index is 2.32. The van der Waals surface area contributed by atoms with Crippen LogP contribution in [0.2, 0.25) is 0 Å². The summed E-state index contributed by atoms with van der Waals surface area (Å²) in [6.45, 7) is 2.28. The number of anilines is 1. The molecule has 1 aromatic rings. The van der Waals surface area contributed by atoms with Gasteiger partial charge >= 0.3 is 6.03 Å². The molecule has 2 amide bonds. The summed E-state index contributed by atoms with van der Waals surface area (Å²) in [6, 6.07) is 7.22. The fourth-order valence-electron chi connectivity index (χ4n) is 1.35. The summed E-state index contributed by atoms with van der Waals surface area (Å²) in [7, 11) is 0. The van der Waals surface area contributed by atoms with Crippen LogP contribution in [0, 0.1) is 3.57 Å². The Bertz CT molecular complexity index is 354. The molecule has 1 rings (SSSR count). The quantitative estimate of drug-likeness (QED) is 0.717. The maximum Gasteiger partial charge on any atom is 0.319 e. The van der Waals surface area contributed by atoms with Gasteiger partial charge in [0, 0.05) is 15.8 Å². The first-order valence-electron chi connectivity index (χ1n) is 5.60. The van der Waals surface area contributed by atoms with Gasteiger partial charge < -0.3 is 15.7 Å². The zero-order valence-corrected chi connectivity index (χ0v) is 11.9. The molecule has 1 aromatic carbocycles. The van der Waals surface area contributed by atoms with E-state index in [4.69, 9.17) is 0 Å². The van der Waals surface area contributed by atoms with Crippen molar-refractivity contribution in [3.05, 3.63) is 27.8 Å². The van der Waals surface area contributed by atoms with E-state index in [-0.39, 0.29) is 12.6 Å². The van der Waals surface area contributed by atoms with Crippen molar-refractivity contribution in [2.24, 2.45) is 0 Å². The lowest BCUT2D eigenvalue weighted by Gasteiger charge is -2.11. The molecule has 0 radical (unpaired) electrons. The average molecular weight is 348 g/mol. The number of carbonyl (C=O) groups excluding carboxylic acids is 1. The normalized spacial score (nSPS) is 11.9. The van der Waals surface area contributed by atoms with Crippen molar-refractivity contribution in [2.45, 2.75) is 25.9 Å². The van der Waals surface area contributed by atoms with E-state index in [0.29, 0.717) is 6.42 Å². The summed E-state index contributed by atoms with van der Waals surface area (Å²) in [6.07, 6.45) is 1.13. The van der Waals surface area contributed by atoms with Crippen molar-refractivity contribution < 1.29 is 9.90 Å². The minimum absolute atomic E-state index is 0.282. The van der Waals surface area contributed by atoms with E-state index in [1.807, 2.05) is 31.2 Å². The Hall–Kier alpha value is -0.820. The standard InChI is InChI=1S/C12H17IN2O2/c1-2-3-11(16)8-14-12(17)15-10-6-4-9(13)5-7-10/h4-7,11,16H,2-3,8H2,1H3,(H2,14,15,17). The van der Waals surface area contributed by atoms with E-state index < -0.39 is 6.10 Å². The predicted octanol–water partition coefficient (Wildman–Crippen LogP) is 2.57. The molecule has 0 aliphatic rings. The van der Waals surface area contributed by atoms with Gasteiger partial charge in [-0.1, -0.05) is 13.3 Å². The lowest BCUT2D eigenvalue weighted by Crippen LogP contribution is -2.35. The van der Waals surface area contributed by atoms with Crippen LogP contribution in [-0.2, 0) is 0 Å². The summed E-state index contributed by atoms with van der Waals surface area (Å²) < 4.78 is 1.12. The zero-order valence-electron chi connectivity index (χ0n) is 9.74. The average Bonchev–Trinajstić information content (AvgIpc) is 2.30. The van der Waals surface area contributed by atoms with Gasteiger partial charge in [0.15, 0.2) is 0 Å². The van der Waals surface area contributed by atoms with Crippen LogP contribution in [0.3, 0.4) is 0 Å². The van der Waals surface area contributed by atoms with E-state index in [0.717, 1.165) is 15.7 Å². The highest BCUT2D eigenvalue weighted by Gasteiger charge is 2.05. The van der Waals surface area contributed by atoms with Crippen molar-refractivity contribution in [1.29, 1.82) is 0 Å². The number of aliphatic hydroxyl groups excluding tert-OH is 1. The number of halogens is 1. The summed E-state index contributed by atoms with van der Waals surface area (Å²) in [5, 5.41) is 14.8. The number of hydrogen-bond donors (Lipinski definition) is 3. The SMILES string of the molecule is CCCC(O)CNC(=O)Nc1ccc(I)cc1. The van der Waals surface area contributed by atoms with Crippen molar-refractivity contribution >= 4 is 34.3 Å². The Kier molecular flexibility index (Phi) is 6.28. The molecule has 4 nitrogen and oxygen atoms in total. The molecule has 5 heteroatoms. The van der Waals surface area contributed by atoms with Crippen LogP contribution in [0.4, 0.5) is 10.5 Å². The lowest BCUT2D eigenvalue weighted by molar-refractivity contribution is 0.162. The number of aliphatic hydroxyl groups is 1. The van der Waals surface area contributed by atoms with Crippen LogP contribution in [0.5, 0.6) is 0 Å². The number of hydrogen-bond acceptors (Lipinski definition) is 2. The van der Waals surface area contributed by atoms with Gasteiger partial charge in [0.1, 0.15) is 0 Å². The second kappa shape index (κ2) is 7.50. The monoisotopic (exact) mass is 348 g/mol. The first-order chi connectivity index (χ1) is 8.11. The topological polar surface area (TPSA) is 61.4 Å². The molecule has 0 aromatic heterocycles. The first kappa shape index (κ1) is 14.2. The first-order valence-corrected chi connectivity index (χ1v) is 6.68. The third-order valence-corrected chi connectivity index (χ3v) is 2.94. The summed E-state index contributed by atoms with van der Waals surface area (Å²) in [5.41, 5.74) is 0.743. The summed E-state index contributed by atoms with van der Waals surface area (Å²) in [5.74, 6) is 0. The fraction of sp³-hybridized carbons (Fsp3) is 0.417. The molecular formula is C12H17IN2O2. The lowest BCUT2D eigenvalue weighted by atomic mass is 10.2. The Morgan fingerprint density at radius 3 is 2.65 bits per heavy atom. The Labute approximate surface area is 115 Å². The molecule has 17 heavy (non-hydrogen) atoms. The number of nitrogens with one attached hydrogen (secondary N) is 2. The van der Waals surface area contributed by atoms with E-state index in [2.05, 4.69) is 33.2 Å². The smallest absolute Gasteiger partial charge is 0.319 e. The van der Waals surface area contributed by atoms with E-state index in [1.54, 1.807) is 0 Å². The van der Waals surface area contributed by atoms with Gasteiger partial charge in [-0.15, -0.1) is 0 Å². The van der Waals surface area contributed by atoms with Crippen LogP contribution < -0.4 is 10.6 Å². The number of benzene rings is 1. The molecule has 1 unspecified atom stereocenters. The van der Waals surface area contributed by atoms with Crippen molar-refractivity contribution in [3.8, 4) is 0 Å². The molecule has 0 aliphatic carbocycles. The van der Waals surface area contributed by atoms with Crippen molar-refractivity contribution in [1.82, 2.24) is 5.32 Å². The highest BCUT2D eigenvalue weighted by atomic mass is 127. The predicted molar refractivity (Wildman–Crippen MR) is 77.1 cm³/mol. The van der Waals surface area contributed by atoms with Crippen LogP contribution in [0.25, 0.3) is 0 Å². The van der Waals surface area contributed by atoms with E-state index in [1.165, 1.54) is 0 Å². The molecule has 0 spiro atoms. The van der Waals surface area contributed by atoms with Crippen LogP contribution in [-0.4, -0.2) is 23.8 Å². The minimum Gasteiger partial charge on any atom is -0.391 e. The van der Waals surface area contributed by atoms with Crippen LogP contribution in [0.1, 0.15) is 19.8 Å². The van der Waals surface area contributed by atoms with Gasteiger partial charge in [-0.2, -0.15) is 0 Å². The van der Waals surface area contributed by atoms with Crippen LogP contribution >= 0.6 is 22.6 Å². The summed E-state index contributed by atoms with van der Waals surface area (Å²) in [4.78, 5) is 11.5. The maximum atomic E-state index is 11.5. The molecule has 0 fully saturated rings. The van der Waals surface area contributed by atoms with Gasteiger partial charge in [0.05, 0.1) is 6.10 Å². The number of amides is 2. The second-order valence-corrected chi connectivity index (χ2v) is 5.03. The molecule has 0 bridgehead atoms. The highest BCUT2D eigenvalue weighted by molar-refractivity contribution is 14.1. The molecule has 0 saturated carbocycles. The van der Waals surface area contributed by atoms with Gasteiger partial charge in [0.25, 0.3) is 0 Å². The number of urea groups is 1. The van der Waals surface area contributed by atoms with E-state index in [9.17, 15) is 9.90 Å². The maximum absolute atomic E-state index is 11.5. The van der Waals surface area contributed by atoms with Crippen LogP contribution in [0.15, 0.2) is 24.3 Å². The number of rotatable bonds is 5. The molecule has 0 aliphatic heterocycles. The molecule has 0 saturated heterocycles. The highest BCUT2D eigenvalue weighted by Crippen LogP contribution is 2.10.